The largest absolute Gasteiger partial charge is 0.348 e. The number of benzene rings is 1. The highest BCUT2D eigenvalue weighted by Gasteiger charge is 2.23. The molecule has 0 radical (unpaired) electrons. The zero-order valence-corrected chi connectivity index (χ0v) is 20.6. The molecule has 4 heterocycles. The molecule has 7 nitrogen and oxygen atoms in total. The Balaban J connectivity index is 1.36. The molecule has 0 bridgehead atoms. The number of amides is 1. The number of thioether (sulfide) groups is 1. The van der Waals surface area contributed by atoms with E-state index in [-0.39, 0.29) is 17.2 Å². The first kappa shape index (κ1) is 22.4. The van der Waals surface area contributed by atoms with Gasteiger partial charge in [0.25, 0.3) is 5.56 Å². The van der Waals surface area contributed by atoms with Gasteiger partial charge in [0.05, 0.1) is 5.75 Å². The van der Waals surface area contributed by atoms with Crippen molar-refractivity contribution >= 4 is 44.5 Å². The Bertz CT molecular complexity index is 1220. The quantitative estimate of drug-likeness (QED) is 0.391. The fraction of sp³-hybridized carbons (Fsp3) is 0.500. The van der Waals surface area contributed by atoms with E-state index in [9.17, 15) is 9.59 Å². The van der Waals surface area contributed by atoms with Gasteiger partial charge in [0, 0.05) is 32.7 Å². The fourth-order valence-corrected chi connectivity index (χ4v) is 6.48. The number of hydrogen-bond donors (Lipinski definition) is 0. The molecule has 2 aromatic heterocycles. The van der Waals surface area contributed by atoms with E-state index < -0.39 is 0 Å². The van der Waals surface area contributed by atoms with Crippen molar-refractivity contribution in [2.24, 2.45) is 0 Å². The van der Waals surface area contributed by atoms with Gasteiger partial charge in [-0.3, -0.25) is 14.2 Å². The third-order valence-electron chi connectivity index (χ3n) is 6.35. The number of carbonyl (C=O) groups excluding carboxylic acids is 1. The highest BCUT2D eigenvalue weighted by Crippen LogP contribution is 2.29. The summed E-state index contributed by atoms with van der Waals surface area (Å²) in [4.78, 5) is 39.9. The average Bonchev–Trinajstić information content (AvgIpc) is 3.29. The summed E-state index contributed by atoms with van der Waals surface area (Å²) in [5.74, 6) is 0.353. The van der Waals surface area contributed by atoms with E-state index in [1.807, 2.05) is 17.9 Å². The van der Waals surface area contributed by atoms with E-state index in [1.165, 1.54) is 40.6 Å². The van der Waals surface area contributed by atoms with E-state index in [1.54, 1.807) is 4.57 Å². The normalized spacial score (nSPS) is 16.3. The Labute approximate surface area is 201 Å². The summed E-state index contributed by atoms with van der Waals surface area (Å²) in [6.07, 6.45) is 5.28. The third-order valence-corrected chi connectivity index (χ3v) is 8.41. The molecule has 174 valence electrons. The van der Waals surface area contributed by atoms with Gasteiger partial charge in [-0.1, -0.05) is 54.3 Å². The van der Waals surface area contributed by atoms with Crippen molar-refractivity contribution in [3.8, 4) is 0 Å². The lowest BCUT2D eigenvalue weighted by Crippen LogP contribution is -2.37. The van der Waals surface area contributed by atoms with Crippen molar-refractivity contribution in [3.63, 3.8) is 0 Å². The van der Waals surface area contributed by atoms with Crippen LogP contribution in [0, 0.1) is 0 Å². The molecule has 0 unspecified atom stereocenters. The summed E-state index contributed by atoms with van der Waals surface area (Å²) in [6, 6.07) is 8.31. The van der Waals surface area contributed by atoms with Crippen LogP contribution in [0.15, 0.2) is 34.2 Å². The van der Waals surface area contributed by atoms with Crippen LogP contribution in [-0.4, -0.2) is 50.7 Å². The molecule has 1 aromatic carbocycles. The first-order chi connectivity index (χ1) is 16.1. The van der Waals surface area contributed by atoms with Crippen LogP contribution in [0.3, 0.4) is 0 Å². The zero-order valence-electron chi connectivity index (χ0n) is 19.0. The second-order valence-electron chi connectivity index (χ2n) is 8.67. The van der Waals surface area contributed by atoms with Gasteiger partial charge >= 0.3 is 0 Å². The minimum Gasteiger partial charge on any atom is -0.348 e. The standard InChI is InChI=1S/C24H29N5O2S2/c1-2-11-29-22(31)20-21(25-23(33-20)27-12-6-3-7-13-27)26-24(29)32-16-19(30)28-14-10-17-8-4-5-9-18(17)15-28/h4-5,8-9H,2-3,6-7,10-16H2,1H3. The van der Waals surface area contributed by atoms with Crippen molar-refractivity contribution in [3.05, 3.63) is 45.7 Å². The van der Waals surface area contributed by atoms with Gasteiger partial charge in [0.1, 0.15) is 4.70 Å². The molecule has 1 amide bonds. The summed E-state index contributed by atoms with van der Waals surface area (Å²) < 4.78 is 2.34. The van der Waals surface area contributed by atoms with Crippen LogP contribution < -0.4 is 10.5 Å². The van der Waals surface area contributed by atoms with Gasteiger partial charge in [0.2, 0.25) is 5.91 Å². The molecule has 9 heteroatoms. The number of anilines is 1. The highest BCUT2D eigenvalue weighted by molar-refractivity contribution is 7.99. The van der Waals surface area contributed by atoms with E-state index in [4.69, 9.17) is 9.97 Å². The SMILES string of the molecule is CCCn1c(SCC(=O)N2CCc3ccccc3C2)nc2nc(N3CCCCC3)sc2c1=O. The van der Waals surface area contributed by atoms with E-state index in [0.717, 1.165) is 50.4 Å². The summed E-state index contributed by atoms with van der Waals surface area (Å²) in [6.45, 7) is 5.99. The van der Waals surface area contributed by atoms with Crippen LogP contribution in [0.5, 0.6) is 0 Å². The smallest absolute Gasteiger partial charge is 0.273 e. The Morgan fingerprint density at radius 3 is 2.67 bits per heavy atom. The predicted octanol–water partition coefficient (Wildman–Crippen LogP) is 3.93. The molecule has 0 N–H and O–H groups in total. The number of fused-ring (bicyclic) bond motifs is 2. The van der Waals surface area contributed by atoms with Gasteiger partial charge in [-0.2, -0.15) is 4.98 Å². The summed E-state index contributed by atoms with van der Waals surface area (Å²) >= 11 is 2.81. The average molecular weight is 484 g/mol. The third kappa shape index (κ3) is 4.66. The molecule has 1 saturated heterocycles. The van der Waals surface area contributed by atoms with Crippen LogP contribution in [0.4, 0.5) is 5.13 Å². The van der Waals surface area contributed by atoms with Gasteiger partial charge in [-0.05, 0) is 43.2 Å². The first-order valence-corrected chi connectivity index (χ1v) is 13.6. The summed E-state index contributed by atoms with van der Waals surface area (Å²) in [5.41, 5.74) is 3.02. The highest BCUT2D eigenvalue weighted by atomic mass is 32.2. The molecule has 0 saturated carbocycles. The Kier molecular flexibility index (Phi) is 6.69. The number of piperidine rings is 1. The topological polar surface area (TPSA) is 71.3 Å². The van der Waals surface area contributed by atoms with E-state index in [0.29, 0.717) is 28.6 Å². The molecule has 5 rings (SSSR count). The predicted molar refractivity (Wildman–Crippen MR) is 134 cm³/mol. The maximum atomic E-state index is 13.3. The van der Waals surface area contributed by atoms with Crippen LogP contribution in [0.2, 0.25) is 0 Å². The molecular weight excluding hydrogens is 454 g/mol. The number of carbonyl (C=O) groups is 1. The van der Waals surface area contributed by atoms with Crippen LogP contribution in [0.1, 0.15) is 43.7 Å². The van der Waals surface area contributed by atoms with Gasteiger partial charge in [0.15, 0.2) is 15.9 Å². The van der Waals surface area contributed by atoms with Crippen molar-refractivity contribution in [1.29, 1.82) is 0 Å². The Morgan fingerprint density at radius 2 is 1.88 bits per heavy atom. The maximum absolute atomic E-state index is 13.3. The molecule has 3 aromatic rings. The lowest BCUT2D eigenvalue weighted by molar-refractivity contribution is -0.129. The van der Waals surface area contributed by atoms with Crippen LogP contribution >= 0.6 is 23.1 Å². The monoisotopic (exact) mass is 483 g/mol. The second-order valence-corrected chi connectivity index (χ2v) is 10.6. The molecule has 2 aliphatic heterocycles. The number of aromatic nitrogens is 3. The fourth-order valence-electron chi connectivity index (χ4n) is 4.55. The van der Waals surface area contributed by atoms with Gasteiger partial charge in [-0.25, -0.2) is 4.98 Å². The number of hydrogen-bond acceptors (Lipinski definition) is 7. The van der Waals surface area contributed by atoms with Crippen molar-refractivity contribution in [2.75, 3.05) is 30.3 Å². The Hall–Kier alpha value is -2.39. The van der Waals surface area contributed by atoms with E-state index >= 15 is 0 Å². The number of thiazole rings is 1. The molecule has 33 heavy (non-hydrogen) atoms. The molecule has 2 aliphatic rings. The minimum atomic E-state index is -0.0375. The summed E-state index contributed by atoms with van der Waals surface area (Å²) in [7, 11) is 0. The number of rotatable bonds is 6. The molecule has 1 fully saturated rings. The minimum absolute atomic E-state index is 0.0375. The molecule has 0 atom stereocenters. The zero-order chi connectivity index (χ0) is 22.8. The molecular formula is C24H29N5O2S2. The molecule has 0 aliphatic carbocycles. The second kappa shape index (κ2) is 9.85. The van der Waals surface area contributed by atoms with Crippen molar-refractivity contribution < 1.29 is 4.79 Å². The van der Waals surface area contributed by atoms with Crippen molar-refractivity contribution in [1.82, 2.24) is 19.4 Å². The lowest BCUT2D eigenvalue weighted by Gasteiger charge is -2.28. The van der Waals surface area contributed by atoms with Crippen LogP contribution in [0.25, 0.3) is 10.3 Å². The Morgan fingerprint density at radius 1 is 1.09 bits per heavy atom. The van der Waals surface area contributed by atoms with Crippen LogP contribution in [-0.2, 0) is 24.3 Å². The van der Waals surface area contributed by atoms with Crippen molar-refractivity contribution in [2.45, 2.75) is 57.3 Å². The van der Waals surface area contributed by atoms with Gasteiger partial charge < -0.3 is 9.80 Å². The maximum Gasteiger partial charge on any atom is 0.273 e. The summed E-state index contributed by atoms with van der Waals surface area (Å²) in [5, 5.41) is 1.48. The first-order valence-electron chi connectivity index (χ1n) is 11.8. The van der Waals surface area contributed by atoms with E-state index in [2.05, 4.69) is 23.1 Å². The number of nitrogens with zero attached hydrogens (tertiary/aromatic N) is 5. The van der Waals surface area contributed by atoms with Gasteiger partial charge in [-0.15, -0.1) is 0 Å². The molecule has 0 spiro atoms. The lowest BCUT2D eigenvalue weighted by atomic mass is 10.00.